The molecule has 0 radical (unpaired) electrons. The first-order valence-electron chi connectivity index (χ1n) is 11.0. The number of nitrogens with zero attached hydrogens (tertiary/aromatic N) is 3. The molecule has 1 aromatic heterocycles. The second-order valence-electron chi connectivity index (χ2n) is 8.44. The molecule has 4 rings (SSSR count). The molecule has 170 valence electrons. The normalized spacial score (nSPS) is 17.5. The van der Waals surface area contributed by atoms with Gasteiger partial charge in [-0.15, -0.1) is 0 Å². The Morgan fingerprint density at radius 3 is 2.78 bits per heavy atom. The van der Waals surface area contributed by atoms with Gasteiger partial charge in [0.1, 0.15) is 12.4 Å². The van der Waals surface area contributed by atoms with Crippen molar-refractivity contribution in [3.8, 4) is 0 Å². The summed E-state index contributed by atoms with van der Waals surface area (Å²) < 4.78 is 1.59. The van der Waals surface area contributed by atoms with Crippen molar-refractivity contribution in [2.75, 3.05) is 23.3 Å². The maximum atomic E-state index is 13.1. The highest BCUT2D eigenvalue weighted by Crippen LogP contribution is 2.35. The van der Waals surface area contributed by atoms with E-state index in [0.717, 1.165) is 46.0 Å². The predicted molar refractivity (Wildman–Crippen MR) is 126 cm³/mol. The van der Waals surface area contributed by atoms with Gasteiger partial charge in [0.25, 0.3) is 0 Å². The number of thioether (sulfide) groups is 1. The van der Waals surface area contributed by atoms with Gasteiger partial charge in [0.2, 0.25) is 17.7 Å². The minimum atomic E-state index is -0.453. The summed E-state index contributed by atoms with van der Waals surface area (Å²) in [6.45, 7) is 7.05. The Morgan fingerprint density at radius 1 is 1.22 bits per heavy atom. The van der Waals surface area contributed by atoms with Crippen LogP contribution < -0.4 is 15.5 Å². The van der Waals surface area contributed by atoms with Crippen molar-refractivity contribution >= 4 is 41.0 Å². The monoisotopic (exact) mass is 455 g/mol. The maximum Gasteiger partial charge on any atom is 0.241 e. The molecule has 1 fully saturated rings. The number of carbonyl (C=O) groups excluding carboxylic acids is 3. The minimum absolute atomic E-state index is 0.0540. The van der Waals surface area contributed by atoms with Gasteiger partial charge >= 0.3 is 0 Å². The van der Waals surface area contributed by atoms with Crippen molar-refractivity contribution in [3.05, 3.63) is 40.6 Å². The fraction of sp³-hybridized carbons (Fsp3) is 0.478. The van der Waals surface area contributed by atoms with Crippen molar-refractivity contribution in [2.45, 2.75) is 51.7 Å². The van der Waals surface area contributed by atoms with Crippen LogP contribution in [0.1, 0.15) is 42.1 Å². The highest BCUT2D eigenvalue weighted by molar-refractivity contribution is 7.98. The third-order valence-electron chi connectivity index (χ3n) is 6.02. The number of hydrogen-bond donors (Lipinski definition) is 2. The summed E-state index contributed by atoms with van der Waals surface area (Å²) >= 11 is 1.73. The summed E-state index contributed by atoms with van der Waals surface area (Å²) in [6, 6.07) is 5.91. The zero-order chi connectivity index (χ0) is 22.8. The standard InChI is InChI=1S/C23H29N5O3S/c1-4-7-24-20(29)11-28-22(18-12-32-13-19(18)26-28)25-23(31)16-9-21(30)27(10-16)17-6-5-14(2)15(3)8-17/h5-6,8,16H,4,7,9-13H2,1-3H3,(H,24,29)(H,25,31). The smallest absolute Gasteiger partial charge is 0.241 e. The topological polar surface area (TPSA) is 96.3 Å². The Bertz CT molecular complexity index is 1060. The van der Waals surface area contributed by atoms with Crippen molar-refractivity contribution in [3.63, 3.8) is 0 Å². The first-order valence-corrected chi connectivity index (χ1v) is 12.1. The summed E-state index contributed by atoms with van der Waals surface area (Å²) in [5.74, 6) is 1.25. The molecule has 0 saturated carbocycles. The highest BCUT2D eigenvalue weighted by Gasteiger charge is 2.36. The average Bonchev–Trinajstić information content (AvgIpc) is 3.45. The number of nitrogens with one attached hydrogen (secondary N) is 2. The van der Waals surface area contributed by atoms with Crippen LogP contribution in [0.3, 0.4) is 0 Å². The Balaban J connectivity index is 1.48. The van der Waals surface area contributed by atoms with Gasteiger partial charge in [0.15, 0.2) is 0 Å². The van der Waals surface area contributed by atoms with E-state index >= 15 is 0 Å². The van der Waals surface area contributed by atoms with Crippen LogP contribution in [0.4, 0.5) is 11.5 Å². The first-order chi connectivity index (χ1) is 15.4. The number of amides is 3. The molecule has 1 unspecified atom stereocenters. The van der Waals surface area contributed by atoms with Crippen molar-refractivity contribution in [1.29, 1.82) is 0 Å². The molecule has 2 aromatic rings. The molecule has 8 nitrogen and oxygen atoms in total. The Hall–Kier alpha value is -2.81. The van der Waals surface area contributed by atoms with Gasteiger partial charge in [0.05, 0.1) is 11.6 Å². The summed E-state index contributed by atoms with van der Waals surface area (Å²) in [6.07, 6.45) is 1.02. The van der Waals surface area contributed by atoms with Crippen LogP contribution in [0.25, 0.3) is 0 Å². The van der Waals surface area contributed by atoms with E-state index in [1.807, 2.05) is 39.0 Å². The third-order valence-corrected chi connectivity index (χ3v) is 6.99. The first kappa shape index (κ1) is 22.4. The number of hydrogen-bond acceptors (Lipinski definition) is 5. The van der Waals surface area contributed by atoms with Gasteiger partial charge in [-0.25, -0.2) is 4.68 Å². The highest BCUT2D eigenvalue weighted by atomic mass is 32.2. The van der Waals surface area contributed by atoms with Crippen molar-refractivity contribution in [1.82, 2.24) is 15.1 Å². The maximum absolute atomic E-state index is 13.1. The lowest BCUT2D eigenvalue weighted by molar-refractivity contribution is -0.122. The molecule has 2 aliphatic rings. The van der Waals surface area contributed by atoms with E-state index in [-0.39, 0.29) is 30.7 Å². The Morgan fingerprint density at radius 2 is 2.03 bits per heavy atom. The number of benzene rings is 1. The summed E-state index contributed by atoms with van der Waals surface area (Å²) in [5.41, 5.74) is 4.98. The van der Waals surface area contributed by atoms with Gasteiger partial charge in [-0.1, -0.05) is 13.0 Å². The number of aromatic nitrogens is 2. The van der Waals surface area contributed by atoms with E-state index in [2.05, 4.69) is 15.7 Å². The number of fused-ring (bicyclic) bond motifs is 1. The lowest BCUT2D eigenvalue weighted by Crippen LogP contribution is -2.31. The van der Waals surface area contributed by atoms with Gasteiger partial charge in [-0.05, 0) is 43.5 Å². The minimum Gasteiger partial charge on any atom is -0.355 e. The van der Waals surface area contributed by atoms with Gasteiger partial charge < -0.3 is 15.5 Å². The van der Waals surface area contributed by atoms with Crippen LogP contribution in [0.5, 0.6) is 0 Å². The van der Waals surface area contributed by atoms with E-state index in [4.69, 9.17) is 0 Å². The zero-order valence-corrected chi connectivity index (χ0v) is 19.6. The van der Waals surface area contributed by atoms with Crippen LogP contribution in [0, 0.1) is 19.8 Å². The molecule has 1 aromatic carbocycles. The molecule has 2 aliphatic heterocycles. The van der Waals surface area contributed by atoms with Crippen molar-refractivity contribution in [2.24, 2.45) is 5.92 Å². The Kier molecular flexibility index (Phi) is 6.55. The molecule has 0 aliphatic carbocycles. The molecule has 32 heavy (non-hydrogen) atoms. The van der Waals surface area contributed by atoms with E-state index in [0.29, 0.717) is 18.9 Å². The third kappa shape index (κ3) is 4.53. The fourth-order valence-electron chi connectivity index (χ4n) is 4.02. The van der Waals surface area contributed by atoms with Gasteiger partial charge in [-0.2, -0.15) is 16.9 Å². The molecule has 9 heteroatoms. The summed E-state index contributed by atoms with van der Waals surface area (Å²) in [4.78, 5) is 39.7. The number of aryl methyl sites for hydroxylation is 2. The molecule has 0 bridgehead atoms. The van der Waals surface area contributed by atoms with E-state index in [1.54, 1.807) is 21.3 Å². The summed E-state index contributed by atoms with van der Waals surface area (Å²) in [5, 5.41) is 10.4. The van der Waals surface area contributed by atoms with Gasteiger partial charge in [-0.3, -0.25) is 14.4 Å². The molecule has 1 saturated heterocycles. The van der Waals surface area contributed by atoms with E-state index in [1.165, 1.54) is 0 Å². The largest absolute Gasteiger partial charge is 0.355 e. The second-order valence-corrected chi connectivity index (χ2v) is 9.42. The number of anilines is 2. The lowest BCUT2D eigenvalue weighted by Gasteiger charge is -2.18. The number of rotatable bonds is 7. The fourth-order valence-corrected chi connectivity index (χ4v) is 5.06. The van der Waals surface area contributed by atoms with E-state index in [9.17, 15) is 14.4 Å². The lowest BCUT2D eigenvalue weighted by atomic mass is 10.1. The van der Waals surface area contributed by atoms with Crippen LogP contribution >= 0.6 is 11.8 Å². The molecular weight excluding hydrogens is 426 g/mol. The van der Waals surface area contributed by atoms with E-state index < -0.39 is 5.92 Å². The quantitative estimate of drug-likeness (QED) is 0.669. The number of carbonyl (C=O) groups is 3. The molecule has 3 amide bonds. The van der Waals surface area contributed by atoms with Crippen molar-refractivity contribution < 1.29 is 14.4 Å². The van der Waals surface area contributed by atoms with Crippen LogP contribution in [-0.2, 0) is 32.4 Å². The SMILES string of the molecule is CCCNC(=O)Cn1nc2c(c1NC(=O)C1CC(=O)N(c3ccc(C)c(C)c3)C1)CSC2. The molecular formula is C23H29N5O3S. The molecule has 3 heterocycles. The van der Waals surface area contributed by atoms with Crippen LogP contribution in [-0.4, -0.2) is 40.6 Å². The molecule has 2 N–H and O–H groups in total. The summed E-state index contributed by atoms with van der Waals surface area (Å²) in [7, 11) is 0. The predicted octanol–water partition coefficient (Wildman–Crippen LogP) is 2.76. The molecule has 1 atom stereocenters. The zero-order valence-electron chi connectivity index (χ0n) is 18.7. The van der Waals surface area contributed by atoms with Crippen LogP contribution in [0.2, 0.25) is 0 Å². The van der Waals surface area contributed by atoms with Gasteiger partial charge in [0, 0.05) is 42.3 Å². The second kappa shape index (κ2) is 9.36. The van der Waals surface area contributed by atoms with Crippen LogP contribution in [0.15, 0.2) is 18.2 Å². The Labute approximate surface area is 192 Å². The molecule has 0 spiro atoms. The average molecular weight is 456 g/mol.